The average Bonchev–Trinajstić information content (AvgIpc) is 3.64. The van der Waals surface area contributed by atoms with Crippen molar-refractivity contribution < 1.29 is 24.5 Å². The van der Waals surface area contributed by atoms with Crippen LogP contribution < -0.4 is 5.32 Å². The molecule has 89 heavy (non-hydrogen) atoms. The van der Waals surface area contributed by atoms with Gasteiger partial charge in [0, 0.05) is 12.8 Å². The van der Waals surface area contributed by atoms with E-state index in [4.69, 9.17) is 4.74 Å². The summed E-state index contributed by atoms with van der Waals surface area (Å²) < 4.78 is 5.50. The highest BCUT2D eigenvalue weighted by molar-refractivity contribution is 5.76. The number of unbranched alkanes of at least 4 members (excludes halogenated alkanes) is 66. The number of hydrogen-bond donors (Lipinski definition) is 3. The molecule has 6 heteroatoms. The first-order valence-corrected chi connectivity index (χ1v) is 41.4. The van der Waals surface area contributed by atoms with Crippen LogP contribution in [0.4, 0.5) is 0 Å². The van der Waals surface area contributed by atoms with Crippen LogP contribution in [0.15, 0.2) is 12.2 Å². The van der Waals surface area contributed by atoms with Gasteiger partial charge in [-0.3, -0.25) is 9.59 Å². The van der Waals surface area contributed by atoms with Crippen LogP contribution in [0.3, 0.4) is 0 Å². The Kier molecular flexibility index (Phi) is 77.8. The van der Waals surface area contributed by atoms with Crippen LogP contribution >= 0.6 is 0 Å². The van der Waals surface area contributed by atoms with Crippen molar-refractivity contribution in [2.45, 2.75) is 495 Å². The summed E-state index contributed by atoms with van der Waals surface area (Å²) in [5.74, 6) is -0.00810. The normalized spacial score (nSPS) is 12.4. The van der Waals surface area contributed by atoms with Gasteiger partial charge >= 0.3 is 5.97 Å². The van der Waals surface area contributed by atoms with E-state index in [1.165, 1.54) is 405 Å². The molecule has 0 saturated carbocycles. The Labute approximate surface area is 559 Å². The summed E-state index contributed by atoms with van der Waals surface area (Å²) in [4.78, 5) is 24.7. The van der Waals surface area contributed by atoms with E-state index in [1.807, 2.05) is 0 Å². The van der Waals surface area contributed by atoms with E-state index in [-0.39, 0.29) is 18.5 Å². The highest BCUT2D eigenvalue weighted by Crippen LogP contribution is 2.21. The van der Waals surface area contributed by atoms with Crippen molar-refractivity contribution >= 4 is 11.9 Å². The van der Waals surface area contributed by atoms with Crippen molar-refractivity contribution in [3.63, 3.8) is 0 Å². The second-order valence-electron chi connectivity index (χ2n) is 28.8. The molecule has 0 aromatic rings. The van der Waals surface area contributed by atoms with E-state index < -0.39 is 12.1 Å². The number of rotatable bonds is 79. The molecule has 3 N–H and O–H groups in total. The third-order valence-electron chi connectivity index (χ3n) is 19.8. The molecular formula is C83H163NO5. The number of hydrogen-bond acceptors (Lipinski definition) is 5. The standard InChI is InChI=1S/C83H163NO5/c1-3-5-7-9-11-13-15-17-19-20-21-22-36-39-42-45-48-51-55-59-63-67-71-75-81(86)80(79-85)84-82(87)76-72-68-64-60-56-52-49-46-43-40-37-34-32-30-28-26-24-23-25-27-29-31-33-35-38-41-44-47-50-54-58-62-66-70-74-78-89-83(88)77-73-69-65-61-57-53-18-16-14-12-10-8-6-4-2/h16,18,80-81,85-86H,3-15,17,19-79H2,1-2H3,(H,84,87)/b18-16-. The number of amides is 1. The summed E-state index contributed by atoms with van der Waals surface area (Å²) in [6, 6.07) is -0.538. The number of aliphatic hydroxyl groups is 2. The van der Waals surface area contributed by atoms with Crippen LogP contribution in [0.1, 0.15) is 483 Å². The summed E-state index contributed by atoms with van der Waals surface area (Å²) in [5.41, 5.74) is 0. The van der Waals surface area contributed by atoms with Crippen LogP contribution in [0, 0.1) is 0 Å². The van der Waals surface area contributed by atoms with Gasteiger partial charge in [0.2, 0.25) is 5.91 Å². The Bertz CT molecular complexity index is 1350. The lowest BCUT2D eigenvalue weighted by atomic mass is 10.0. The SMILES string of the molecule is CCCCCCC/C=C\CCCCCCCC(=O)OCCCCCCCCCCCCCCCCCCCCCCCCCCCCCCCCCCCCCC(=O)NC(CO)C(O)CCCCCCCCCCCCCCCCCCCCCCCCC. The molecule has 0 aliphatic heterocycles. The van der Waals surface area contributed by atoms with Gasteiger partial charge < -0.3 is 20.3 Å². The third kappa shape index (κ3) is 75.5. The van der Waals surface area contributed by atoms with Crippen molar-refractivity contribution in [3.05, 3.63) is 12.2 Å². The molecule has 0 aromatic heterocycles. The summed E-state index contributed by atoms with van der Waals surface area (Å²) in [6.45, 7) is 5.00. The van der Waals surface area contributed by atoms with Crippen molar-refractivity contribution in [2.24, 2.45) is 0 Å². The first-order valence-electron chi connectivity index (χ1n) is 41.4. The fourth-order valence-electron chi connectivity index (χ4n) is 13.5. The predicted octanol–water partition coefficient (Wildman–Crippen LogP) is 27.4. The van der Waals surface area contributed by atoms with Gasteiger partial charge in [-0.2, -0.15) is 0 Å². The van der Waals surface area contributed by atoms with E-state index >= 15 is 0 Å². The number of allylic oxidation sites excluding steroid dienone is 2. The van der Waals surface area contributed by atoms with Gasteiger partial charge in [0.05, 0.1) is 25.4 Å². The molecule has 0 saturated heterocycles. The lowest BCUT2D eigenvalue weighted by Gasteiger charge is -2.22. The van der Waals surface area contributed by atoms with Crippen LogP contribution in [0.5, 0.6) is 0 Å². The minimum Gasteiger partial charge on any atom is -0.466 e. The maximum Gasteiger partial charge on any atom is 0.305 e. The summed E-state index contributed by atoms with van der Waals surface area (Å²) in [5, 5.41) is 23.5. The first-order chi connectivity index (χ1) is 44.0. The van der Waals surface area contributed by atoms with Crippen LogP contribution in [-0.2, 0) is 14.3 Å². The highest BCUT2D eigenvalue weighted by atomic mass is 16.5. The van der Waals surface area contributed by atoms with Gasteiger partial charge in [-0.15, -0.1) is 0 Å². The maximum absolute atomic E-state index is 12.6. The third-order valence-corrected chi connectivity index (χ3v) is 19.8. The summed E-state index contributed by atoms with van der Waals surface area (Å²) >= 11 is 0. The molecule has 0 aliphatic carbocycles. The van der Waals surface area contributed by atoms with Crippen molar-refractivity contribution in [1.29, 1.82) is 0 Å². The molecule has 2 atom stereocenters. The van der Waals surface area contributed by atoms with E-state index in [1.54, 1.807) is 0 Å². The van der Waals surface area contributed by atoms with Crippen LogP contribution in [0.25, 0.3) is 0 Å². The van der Waals surface area contributed by atoms with E-state index in [0.29, 0.717) is 25.9 Å². The highest BCUT2D eigenvalue weighted by Gasteiger charge is 2.20. The van der Waals surface area contributed by atoms with E-state index in [2.05, 4.69) is 31.3 Å². The quantitative estimate of drug-likeness (QED) is 0.0320. The van der Waals surface area contributed by atoms with Crippen molar-refractivity contribution in [2.75, 3.05) is 13.2 Å². The number of carbonyl (C=O) groups is 2. The lowest BCUT2D eigenvalue weighted by molar-refractivity contribution is -0.143. The van der Waals surface area contributed by atoms with Gasteiger partial charge in [0.15, 0.2) is 0 Å². The van der Waals surface area contributed by atoms with E-state index in [0.717, 1.165) is 44.9 Å². The fourth-order valence-corrected chi connectivity index (χ4v) is 13.5. The van der Waals surface area contributed by atoms with Gasteiger partial charge in [-0.25, -0.2) is 0 Å². The Balaban J connectivity index is 3.31. The van der Waals surface area contributed by atoms with Crippen LogP contribution in [0.2, 0.25) is 0 Å². The fraction of sp³-hybridized carbons (Fsp3) is 0.952. The van der Waals surface area contributed by atoms with Gasteiger partial charge in [-0.1, -0.05) is 431 Å². The molecular weight excluding hydrogens is 1090 g/mol. The molecule has 6 nitrogen and oxygen atoms in total. The monoisotopic (exact) mass is 1250 g/mol. The van der Waals surface area contributed by atoms with E-state index in [9.17, 15) is 19.8 Å². The Morgan fingerprint density at radius 1 is 0.303 bits per heavy atom. The van der Waals surface area contributed by atoms with Gasteiger partial charge in [0.1, 0.15) is 0 Å². The van der Waals surface area contributed by atoms with Crippen LogP contribution in [-0.4, -0.2) is 47.4 Å². The minimum absolute atomic E-state index is 0.0153. The second kappa shape index (κ2) is 79.0. The molecule has 0 bridgehead atoms. The molecule has 2 unspecified atom stereocenters. The predicted molar refractivity (Wildman–Crippen MR) is 394 cm³/mol. The molecule has 0 aromatic carbocycles. The Morgan fingerprint density at radius 2 is 0.528 bits per heavy atom. The number of ether oxygens (including phenoxy) is 1. The lowest BCUT2D eigenvalue weighted by Crippen LogP contribution is -2.45. The largest absolute Gasteiger partial charge is 0.466 e. The second-order valence-corrected chi connectivity index (χ2v) is 28.8. The topological polar surface area (TPSA) is 95.9 Å². The zero-order valence-corrected chi connectivity index (χ0v) is 61.0. The zero-order valence-electron chi connectivity index (χ0n) is 61.0. The maximum atomic E-state index is 12.6. The Morgan fingerprint density at radius 3 is 0.798 bits per heavy atom. The molecule has 0 rings (SSSR count). The molecule has 0 radical (unpaired) electrons. The molecule has 0 fully saturated rings. The molecule has 0 heterocycles. The molecule has 0 spiro atoms. The first kappa shape index (κ1) is 87.6. The number of aliphatic hydroxyl groups excluding tert-OH is 2. The molecule has 1 amide bonds. The zero-order chi connectivity index (χ0) is 64.2. The summed E-state index contributed by atoms with van der Waals surface area (Å²) in [7, 11) is 0. The summed E-state index contributed by atoms with van der Waals surface area (Å²) in [6.07, 6.45) is 100. The van der Waals surface area contributed by atoms with Crippen molar-refractivity contribution in [1.82, 2.24) is 5.32 Å². The minimum atomic E-state index is -0.661. The number of carbonyl (C=O) groups excluding carboxylic acids is 2. The van der Waals surface area contributed by atoms with Gasteiger partial charge in [0.25, 0.3) is 0 Å². The smallest absolute Gasteiger partial charge is 0.305 e. The number of esters is 1. The molecule has 0 aliphatic rings. The van der Waals surface area contributed by atoms with Crippen molar-refractivity contribution in [3.8, 4) is 0 Å². The Hall–Kier alpha value is -1.40. The average molecular weight is 1260 g/mol. The van der Waals surface area contributed by atoms with Gasteiger partial charge in [-0.05, 0) is 51.4 Å². The molecule has 530 valence electrons. The number of nitrogens with one attached hydrogen (secondary N) is 1.